The first-order valence-electron chi connectivity index (χ1n) is 6.90. The summed E-state index contributed by atoms with van der Waals surface area (Å²) >= 11 is 0. The Morgan fingerprint density at radius 1 is 1.14 bits per heavy atom. The SMILES string of the molecule is CC(C)(C)NC(=O)c1ccc(C#Cc2cccc(F)c2)cn1. The van der Waals surface area contributed by atoms with E-state index in [0.29, 0.717) is 16.8 Å². The van der Waals surface area contributed by atoms with Crippen LogP contribution in [0, 0.1) is 17.7 Å². The molecule has 0 unspecified atom stereocenters. The number of nitrogens with zero attached hydrogens (tertiary/aromatic N) is 1. The molecule has 112 valence electrons. The normalized spacial score (nSPS) is 10.5. The number of carbonyl (C=O) groups is 1. The molecule has 4 heteroatoms. The third-order valence-corrected chi connectivity index (χ3v) is 2.66. The van der Waals surface area contributed by atoms with Crippen LogP contribution in [0.25, 0.3) is 0 Å². The average Bonchev–Trinajstić information content (AvgIpc) is 2.44. The third kappa shape index (κ3) is 4.71. The number of halogens is 1. The van der Waals surface area contributed by atoms with Gasteiger partial charge in [-0.15, -0.1) is 0 Å². The van der Waals surface area contributed by atoms with E-state index in [1.54, 1.807) is 24.3 Å². The summed E-state index contributed by atoms with van der Waals surface area (Å²) in [6.45, 7) is 5.72. The van der Waals surface area contributed by atoms with Crippen molar-refractivity contribution in [3.63, 3.8) is 0 Å². The standard InChI is InChI=1S/C18H17FN2O/c1-18(2,3)21-17(22)16-10-9-14(12-20-16)8-7-13-5-4-6-15(19)11-13/h4-6,9-12H,1-3H3,(H,21,22). The summed E-state index contributed by atoms with van der Waals surface area (Å²) in [5, 5.41) is 2.84. The third-order valence-electron chi connectivity index (χ3n) is 2.66. The van der Waals surface area contributed by atoms with Crippen molar-refractivity contribution < 1.29 is 9.18 Å². The number of benzene rings is 1. The second-order valence-electron chi connectivity index (χ2n) is 5.90. The fourth-order valence-electron chi connectivity index (χ4n) is 1.72. The van der Waals surface area contributed by atoms with Crippen LogP contribution in [-0.2, 0) is 0 Å². The van der Waals surface area contributed by atoms with Gasteiger partial charge in [-0.2, -0.15) is 0 Å². The van der Waals surface area contributed by atoms with E-state index in [9.17, 15) is 9.18 Å². The molecule has 1 N–H and O–H groups in total. The molecule has 1 aromatic carbocycles. The summed E-state index contributed by atoms with van der Waals surface area (Å²) in [4.78, 5) is 16.0. The Hall–Kier alpha value is -2.67. The van der Waals surface area contributed by atoms with Crippen molar-refractivity contribution in [3.05, 3.63) is 65.2 Å². The van der Waals surface area contributed by atoms with Crippen LogP contribution in [0.5, 0.6) is 0 Å². The first-order chi connectivity index (χ1) is 10.3. The number of hydrogen-bond donors (Lipinski definition) is 1. The highest BCUT2D eigenvalue weighted by molar-refractivity contribution is 5.92. The maximum absolute atomic E-state index is 13.0. The summed E-state index contributed by atoms with van der Waals surface area (Å²) in [5.74, 6) is 5.20. The van der Waals surface area contributed by atoms with Crippen LogP contribution in [0.15, 0.2) is 42.6 Å². The number of hydrogen-bond acceptors (Lipinski definition) is 2. The molecule has 0 aliphatic rings. The van der Waals surface area contributed by atoms with Gasteiger partial charge in [0.1, 0.15) is 11.5 Å². The van der Waals surface area contributed by atoms with Gasteiger partial charge in [-0.25, -0.2) is 9.37 Å². The zero-order valence-corrected chi connectivity index (χ0v) is 12.8. The highest BCUT2D eigenvalue weighted by Crippen LogP contribution is 2.05. The predicted octanol–water partition coefficient (Wildman–Crippen LogP) is 3.15. The van der Waals surface area contributed by atoms with Crippen LogP contribution >= 0.6 is 0 Å². The first-order valence-corrected chi connectivity index (χ1v) is 6.90. The van der Waals surface area contributed by atoms with E-state index in [-0.39, 0.29) is 17.3 Å². The number of pyridine rings is 1. The van der Waals surface area contributed by atoms with Crippen molar-refractivity contribution in [2.24, 2.45) is 0 Å². The molecule has 0 spiro atoms. The minimum atomic E-state index is -0.320. The van der Waals surface area contributed by atoms with Crippen molar-refractivity contribution in [2.75, 3.05) is 0 Å². The smallest absolute Gasteiger partial charge is 0.270 e. The minimum absolute atomic E-state index is 0.225. The van der Waals surface area contributed by atoms with E-state index >= 15 is 0 Å². The predicted molar refractivity (Wildman–Crippen MR) is 83.8 cm³/mol. The van der Waals surface area contributed by atoms with E-state index in [0.717, 1.165) is 0 Å². The van der Waals surface area contributed by atoms with Gasteiger partial charge in [0.05, 0.1) is 0 Å². The molecule has 0 atom stereocenters. The lowest BCUT2D eigenvalue weighted by molar-refractivity contribution is 0.0914. The van der Waals surface area contributed by atoms with Crippen molar-refractivity contribution in [1.82, 2.24) is 10.3 Å². The minimum Gasteiger partial charge on any atom is -0.346 e. The van der Waals surface area contributed by atoms with Gasteiger partial charge >= 0.3 is 0 Å². The number of nitrogens with one attached hydrogen (secondary N) is 1. The van der Waals surface area contributed by atoms with E-state index in [1.807, 2.05) is 20.8 Å². The first kappa shape index (κ1) is 15.7. The average molecular weight is 296 g/mol. The zero-order valence-electron chi connectivity index (χ0n) is 12.8. The van der Waals surface area contributed by atoms with Gasteiger partial charge < -0.3 is 5.32 Å². The summed E-state index contributed by atoms with van der Waals surface area (Å²) in [5.41, 5.74) is 1.28. The summed E-state index contributed by atoms with van der Waals surface area (Å²) in [7, 11) is 0. The lowest BCUT2D eigenvalue weighted by atomic mass is 10.1. The van der Waals surface area contributed by atoms with Crippen LogP contribution in [0.2, 0.25) is 0 Å². The fraction of sp³-hybridized carbons (Fsp3) is 0.222. The number of aromatic nitrogens is 1. The molecule has 0 fully saturated rings. The van der Waals surface area contributed by atoms with Crippen LogP contribution in [0.4, 0.5) is 4.39 Å². The number of carbonyl (C=O) groups excluding carboxylic acids is 1. The molecule has 0 bridgehead atoms. The number of rotatable bonds is 1. The Labute approximate surface area is 129 Å². The highest BCUT2D eigenvalue weighted by atomic mass is 19.1. The van der Waals surface area contributed by atoms with Crippen molar-refractivity contribution in [1.29, 1.82) is 0 Å². The molecule has 2 aromatic rings. The summed E-state index contributed by atoms with van der Waals surface area (Å²) < 4.78 is 13.0. The molecular weight excluding hydrogens is 279 g/mol. The number of amides is 1. The van der Waals surface area contributed by atoms with Gasteiger partial charge in [-0.1, -0.05) is 17.9 Å². The highest BCUT2D eigenvalue weighted by Gasteiger charge is 2.15. The Morgan fingerprint density at radius 3 is 2.45 bits per heavy atom. The van der Waals surface area contributed by atoms with E-state index in [1.165, 1.54) is 18.3 Å². The molecule has 0 radical (unpaired) electrons. The van der Waals surface area contributed by atoms with Crippen LogP contribution in [-0.4, -0.2) is 16.4 Å². The van der Waals surface area contributed by atoms with Gasteiger partial charge in [0.15, 0.2) is 0 Å². The molecule has 0 aliphatic heterocycles. The molecule has 3 nitrogen and oxygen atoms in total. The van der Waals surface area contributed by atoms with E-state index in [2.05, 4.69) is 22.1 Å². The Bertz CT molecular complexity index is 734. The topological polar surface area (TPSA) is 42.0 Å². The Kier molecular flexibility index (Phi) is 4.57. The largest absolute Gasteiger partial charge is 0.346 e. The van der Waals surface area contributed by atoms with Crippen molar-refractivity contribution >= 4 is 5.91 Å². The lowest BCUT2D eigenvalue weighted by Gasteiger charge is -2.19. The zero-order chi connectivity index (χ0) is 16.2. The van der Waals surface area contributed by atoms with E-state index < -0.39 is 0 Å². The molecule has 1 heterocycles. The molecule has 22 heavy (non-hydrogen) atoms. The second-order valence-corrected chi connectivity index (χ2v) is 5.90. The molecule has 1 aromatic heterocycles. The lowest BCUT2D eigenvalue weighted by Crippen LogP contribution is -2.40. The maximum atomic E-state index is 13.0. The molecule has 2 rings (SSSR count). The van der Waals surface area contributed by atoms with Crippen LogP contribution < -0.4 is 5.32 Å². The Morgan fingerprint density at radius 2 is 1.86 bits per heavy atom. The second kappa shape index (κ2) is 6.40. The van der Waals surface area contributed by atoms with Crippen molar-refractivity contribution in [3.8, 4) is 11.8 Å². The molecule has 1 amide bonds. The van der Waals surface area contributed by atoms with Crippen molar-refractivity contribution in [2.45, 2.75) is 26.3 Å². The van der Waals surface area contributed by atoms with Gasteiger partial charge in [-0.05, 0) is 51.1 Å². The van der Waals surface area contributed by atoms with Crippen LogP contribution in [0.1, 0.15) is 42.4 Å². The molecule has 0 saturated carbocycles. The van der Waals surface area contributed by atoms with Gasteiger partial charge in [0, 0.05) is 22.9 Å². The van der Waals surface area contributed by atoms with Gasteiger partial charge in [-0.3, -0.25) is 4.79 Å². The summed E-state index contributed by atoms with van der Waals surface area (Å²) in [6.07, 6.45) is 1.53. The van der Waals surface area contributed by atoms with Crippen LogP contribution in [0.3, 0.4) is 0 Å². The maximum Gasteiger partial charge on any atom is 0.270 e. The monoisotopic (exact) mass is 296 g/mol. The summed E-state index contributed by atoms with van der Waals surface area (Å²) in [6, 6.07) is 9.42. The fourth-order valence-corrected chi connectivity index (χ4v) is 1.72. The molecule has 0 aliphatic carbocycles. The molecular formula is C18H17FN2O. The Balaban J connectivity index is 2.12. The molecule has 0 saturated heterocycles. The van der Waals surface area contributed by atoms with Gasteiger partial charge in [0.2, 0.25) is 0 Å². The van der Waals surface area contributed by atoms with E-state index in [4.69, 9.17) is 0 Å². The quantitative estimate of drug-likeness (QED) is 0.821. The van der Waals surface area contributed by atoms with Gasteiger partial charge in [0.25, 0.3) is 5.91 Å².